The van der Waals surface area contributed by atoms with E-state index in [9.17, 15) is 18.0 Å². The van der Waals surface area contributed by atoms with Gasteiger partial charge in [0, 0.05) is 16.9 Å². The Morgan fingerprint density at radius 1 is 1.14 bits per heavy atom. The molecule has 0 aliphatic carbocycles. The fraction of sp³-hybridized carbons (Fsp3) is 0.158. The van der Waals surface area contributed by atoms with Crippen molar-refractivity contribution in [2.45, 2.75) is 12.8 Å². The number of methoxy groups -OCH3 is 1. The number of nitrogens with zero attached hydrogens (tertiary/aromatic N) is 1. The van der Waals surface area contributed by atoms with Crippen LogP contribution < -0.4 is 21.3 Å². The fourth-order valence-electron chi connectivity index (χ4n) is 2.59. The van der Waals surface area contributed by atoms with E-state index < -0.39 is 17.5 Å². The second-order valence-corrected chi connectivity index (χ2v) is 7.02. The molecule has 0 spiro atoms. The number of benzene rings is 2. The van der Waals surface area contributed by atoms with Crippen LogP contribution in [-0.4, -0.2) is 18.0 Å². The van der Waals surface area contributed by atoms with Crippen LogP contribution in [0.25, 0.3) is 11.3 Å². The number of anilines is 2. The number of hydrogen-bond acceptors (Lipinski definition) is 6. The third-order valence-electron chi connectivity index (χ3n) is 4.08. The summed E-state index contributed by atoms with van der Waals surface area (Å²) in [4.78, 5) is 16.7. The lowest BCUT2D eigenvalue weighted by atomic mass is 10.1. The fourth-order valence-corrected chi connectivity index (χ4v) is 3.58. The van der Waals surface area contributed by atoms with E-state index >= 15 is 0 Å². The first-order valence-electron chi connectivity index (χ1n) is 8.47. The summed E-state index contributed by atoms with van der Waals surface area (Å²) < 4.78 is 45.8. The van der Waals surface area contributed by atoms with Crippen molar-refractivity contribution in [3.8, 4) is 17.0 Å². The lowest BCUT2D eigenvalue weighted by Gasteiger charge is -2.05. The van der Waals surface area contributed by atoms with Gasteiger partial charge in [0.1, 0.15) is 5.75 Å². The Kier molecular flexibility index (Phi) is 6.35. The van der Waals surface area contributed by atoms with Gasteiger partial charge in [-0.05, 0) is 42.8 Å². The second-order valence-electron chi connectivity index (χ2n) is 5.93. The smallest absolute Gasteiger partial charge is 0.234 e. The Morgan fingerprint density at radius 2 is 1.86 bits per heavy atom. The summed E-state index contributed by atoms with van der Waals surface area (Å²) in [5, 5.41) is 2.94. The second kappa shape index (κ2) is 8.93. The van der Waals surface area contributed by atoms with Gasteiger partial charge in [0.2, 0.25) is 5.91 Å². The van der Waals surface area contributed by atoms with E-state index in [2.05, 4.69) is 15.7 Å². The molecule has 0 saturated carbocycles. The molecule has 0 aliphatic rings. The van der Waals surface area contributed by atoms with Crippen LogP contribution in [0.2, 0.25) is 0 Å². The molecule has 10 heteroatoms. The number of aromatic nitrogens is 1. The Morgan fingerprint density at radius 3 is 2.52 bits per heavy atom. The van der Waals surface area contributed by atoms with E-state index in [-0.39, 0.29) is 23.1 Å². The number of nitrogens with one attached hydrogen (secondary N) is 2. The molecule has 1 heterocycles. The number of ether oxygens (including phenoxy) is 1. The number of carbonyl (C=O) groups is 1. The molecule has 0 aliphatic heterocycles. The zero-order valence-corrected chi connectivity index (χ0v) is 16.1. The Labute approximate surface area is 168 Å². The number of thiazole rings is 1. The number of amides is 1. The molecule has 2 aromatic carbocycles. The molecule has 1 amide bonds. The van der Waals surface area contributed by atoms with Crippen molar-refractivity contribution in [3.05, 3.63) is 58.7 Å². The van der Waals surface area contributed by atoms with Crippen molar-refractivity contribution in [3.63, 3.8) is 0 Å². The molecular formula is C19H17F3N4O2S. The van der Waals surface area contributed by atoms with E-state index in [4.69, 9.17) is 10.6 Å². The standard InChI is InChI=1S/C19H17F3N4O2S/c1-28-11-4-2-10(3-5-11)18-14(8-9-15(27)26-23)29-19(25-18)24-13-7-6-12(20)16(21)17(13)22/h2-7H,8-9,23H2,1H3,(H,24,25)(H,26,27). The van der Waals surface area contributed by atoms with Crippen LogP contribution in [0.3, 0.4) is 0 Å². The van der Waals surface area contributed by atoms with Gasteiger partial charge in [0.05, 0.1) is 18.5 Å². The highest BCUT2D eigenvalue weighted by Crippen LogP contribution is 2.35. The van der Waals surface area contributed by atoms with E-state index in [1.54, 1.807) is 31.4 Å². The Bertz CT molecular complexity index is 1030. The number of nitrogens with two attached hydrogens (primary N) is 1. The lowest BCUT2D eigenvalue weighted by molar-refractivity contribution is -0.121. The molecule has 6 nitrogen and oxygen atoms in total. The SMILES string of the molecule is COc1ccc(-c2nc(Nc3ccc(F)c(F)c3F)sc2CCC(=O)NN)cc1. The summed E-state index contributed by atoms with van der Waals surface area (Å²) in [7, 11) is 1.55. The summed E-state index contributed by atoms with van der Waals surface area (Å²) in [5.41, 5.74) is 3.15. The predicted octanol–water partition coefficient (Wildman–Crippen LogP) is 3.90. The van der Waals surface area contributed by atoms with Crippen molar-refractivity contribution >= 4 is 28.1 Å². The Balaban J connectivity index is 1.94. The Hall–Kier alpha value is -3.11. The molecule has 152 valence electrons. The lowest BCUT2D eigenvalue weighted by Crippen LogP contribution is -2.30. The van der Waals surface area contributed by atoms with Gasteiger partial charge in [-0.15, -0.1) is 11.3 Å². The largest absolute Gasteiger partial charge is 0.497 e. The molecule has 0 unspecified atom stereocenters. The molecule has 4 N–H and O–H groups in total. The number of hydrogen-bond donors (Lipinski definition) is 3. The van der Waals surface area contributed by atoms with Crippen LogP contribution in [0.15, 0.2) is 36.4 Å². The highest BCUT2D eigenvalue weighted by Gasteiger charge is 2.18. The molecule has 0 saturated heterocycles. The molecule has 0 bridgehead atoms. The summed E-state index contributed by atoms with van der Waals surface area (Å²) in [6.07, 6.45) is 0.463. The predicted molar refractivity (Wildman–Crippen MR) is 104 cm³/mol. The topological polar surface area (TPSA) is 89.3 Å². The van der Waals surface area contributed by atoms with Gasteiger partial charge in [0.15, 0.2) is 22.6 Å². The van der Waals surface area contributed by atoms with E-state index in [1.165, 1.54) is 11.3 Å². The molecular weight excluding hydrogens is 405 g/mol. The quantitative estimate of drug-likeness (QED) is 0.233. The minimum Gasteiger partial charge on any atom is -0.497 e. The maximum Gasteiger partial charge on any atom is 0.234 e. The first-order chi connectivity index (χ1) is 13.9. The minimum absolute atomic E-state index is 0.126. The van der Waals surface area contributed by atoms with E-state index in [0.29, 0.717) is 17.9 Å². The zero-order valence-electron chi connectivity index (χ0n) is 15.3. The first-order valence-corrected chi connectivity index (χ1v) is 9.28. The zero-order chi connectivity index (χ0) is 21.0. The number of hydrazine groups is 1. The van der Waals surface area contributed by atoms with Crippen LogP contribution in [0, 0.1) is 17.5 Å². The van der Waals surface area contributed by atoms with Crippen LogP contribution in [0.4, 0.5) is 24.0 Å². The van der Waals surface area contributed by atoms with Gasteiger partial charge in [-0.25, -0.2) is 24.0 Å². The third-order valence-corrected chi connectivity index (χ3v) is 5.11. The average molecular weight is 422 g/mol. The molecule has 3 aromatic rings. The van der Waals surface area contributed by atoms with E-state index in [0.717, 1.165) is 22.6 Å². The molecule has 0 fully saturated rings. The van der Waals surface area contributed by atoms with Gasteiger partial charge in [-0.1, -0.05) is 0 Å². The van der Waals surface area contributed by atoms with Gasteiger partial charge < -0.3 is 10.1 Å². The summed E-state index contributed by atoms with van der Waals surface area (Å²) >= 11 is 1.17. The maximum absolute atomic E-state index is 14.0. The van der Waals surface area contributed by atoms with Crippen LogP contribution in [0.5, 0.6) is 5.75 Å². The van der Waals surface area contributed by atoms with Gasteiger partial charge >= 0.3 is 0 Å². The van der Waals surface area contributed by atoms with Gasteiger partial charge in [0.25, 0.3) is 0 Å². The summed E-state index contributed by atoms with van der Waals surface area (Å²) in [6, 6.07) is 9.01. The number of rotatable bonds is 7. The van der Waals surface area contributed by atoms with Crippen molar-refractivity contribution < 1.29 is 22.7 Å². The molecule has 29 heavy (non-hydrogen) atoms. The summed E-state index contributed by atoms with van der Waals surface area (Å²) in [6.45, 7) is 0. The molecule has 3 rings (SSSR count). The van der Waals surface area contributed by atoms with Crippen molar-refractivity contribution in [1.82, 2.24) is 10.4 Å². The van der Waals surface area contributed by atoms with Crippen molar-refractivity contribution in [2.24, 2.45) is 5.84 Å². The number of halogens is 3. The summed E-state index contributed by atoms with van der Waals surface area (Å²) in [5.74, 6) is 1.25. The van der Waals surface area contributed by atoms with Crippen LogP contribution >= 0.6 is 11.3 Å². The van der Waals surface area contributed by atoms with Gasteiger partial charge in [-0.3, -0.25) is 10.2 Å². The van der Waals surface area contributed by atoms with Crippen molar-refractivity contribution in [1.29, 1.82) is 0 Å². The average Bonchev–Trinajstić information content (AvgIpc) is 3.15. The molecule has 0 atom stereocenters. The minimum atomic E-state index is -1.57. The van der Waals surface area contributed by atoms with E-state index in [1.807, 2.05) is 0 Å². The first kappa shape index (κ1) is 20.6. The normalized spacial score (nSPS) is 10.7. The molecule has 0 radical (unpaired) electrons. The monoisotopic (exact) mass is 422 g/mol. The van der Waals surface area contributed by atoms with Crippen LogP contribution in [-0.2, 0) is 11.2 Å². The highest BCUT2D eigenvalue weighted by atomic mass is 32.1. The maximum atomic E-state index is 14.0. The van der Waals surface area contributed by atoms with Gasteiger partial charge in [-0.2, -0.15) is 0 Å². The third kappa shape index (κ3) is 4.66. The molecule has 1 aromatic heterocycles. The number of carbonyl (C=O) groups excluding carboxylic acids is 1. The van der Waals surface area contributed by atoms with Crippen molar-refractivity contribution in [2.75, 3.05) is 12.4 Å². The number of aryl methyl sites for hydroxylation is 1. The highest BCUT2D eigenvalue weighted by molar-refractivity contribution is 7.16. The van der Waals surface area contributed by atoms with Crippen LogP contribution in [0.1, 0.15) is 11.3 Å².